The Morgan fingerprint density at radius 2 is 1.80 bits per heavy atom. The van der Waals surface area contributed by atoms with Gasteiger partial charge in [0.15, 0.2) is 0 Å². The first-order chi connectivity index (χ1) is 4.91. The highest BCUT2D eigenvalue weighted by Crippen LogP contribution is 2.10. The maximum absolute atomic E-state index is 8.44. The van der Waals surface area contributed by atoms with E-state index in [-0.39, 0.29) is 0 Å². The van der Waals surface area contributed by atoms with Crippen LogP contribution in [0.4, 0.5) is 0 Å². The molecule has 1 nitrogen and oxygen atoms in total. The van der Waals surface area contributed by atoms with Gasteiger partial charge in [0.05, 0.1) is 6.61 Å². The lowest BCUT2D eigenvalue weighted by atomic mass is 10.9. The third-order valence-electron chi connectivity index (χ3n) is 0.809. The summed E-state index contributed by atoms with van der Waals surface area (Å²) in [4.78, 5) is 0. The number of hydrogen-bond donors (Lipinski definition) is 1. The number of aliphatic hydroxyl groups is 1. The first kappa shape index (κ1) is 11.0. The molecule has 10 heavy (non-hydrogen) atoms. The number of aliphatic hydroxyl groups excluding tert-OH is 1. The van der Waals surface area contributed by atoms with Gasteiger partial charge >= 0.3 is 0 Å². The van der Waals surface area contributed by atoms with Gasteiger partial charge in [-0.25, -0.2) is 0 Å². The lowest BCUT2D eigenvalue weighted by Gasteiger charge is -1.97. The van der Waals surface area contributed by atoms with Gasteiger partial charge in [0.25, 0.3) is 0 Å². The lowest BCUT2D eigenvalue weighted by Crippen LogP contribution is -1.90. The molecule has 0 aromatic carbocycles. The largest absolute Gasteiger partial charge is 0.396 e. The summed E-state index contributed by atoms with van der Waals surface area (Å²) in [6, 6.07) is 0. The molecule has 0 aliphatic heterocycles. The summed E-state index contributed by atoms with van der Waals surface area (Å²) >= 11 is 5.66. The van der Waals surface area contributed by atoms with Crippen LogP contribution in [0.5, 0.6) is 0 Å². The van der Waals surface area contributed by atoms with E-state index in [0.717, 1.165) is 5.75 Å². The van der Waals surface area contributed by atoms with Crippen molar-refractivity contribution in [3.05, 3.63) is 0 Å². The van der Waals surface area contributed by atoms with Crippen molar-refractivity contribution in [3.8, 4) is 0 Å². The minimum absolute atomic E-state index is 0.317. The Hall–Kier alpha value is 1.01. The van der Waals surface area contributed by atoms with Gasteiger partial charge in [0, 0.05) is 22.3 Å². The molecule has 0 spiro atoms. The first-order valence-electron chi connectivity index (χ1n) is 3.17. The van der Waals surface area contributed by atoms with Crippen molar-refractivity contribution in [2.75, 3.05) is 35.2 Å². The van der Waals surface area contributed by atoms with Gasteiger partial charge in [0.1, 0.15) is 0 Å². The predicted molar refractivity (Wildman–Crippen MR) is 55.3 cm³/mol. The van der Waals surface area contributed by atoms with Crippen LogP contribution in [-0.2, 0) is 0 Å². The van der Waals surface area contributed by atoms with Crippen LogP contribution in [0.2, 0.25) is 0 Å². The van der Waals surface area contributed by atoms with E-state index in [1.165, 1.54) is 16.6 Å². The smallest absolute Gasteiger partial charge is 0.0521 e. The Morgan fingerprint density at radius 3 is 2.40 bits per heavy atom. The highest BCUT2D eigenvalue weighted by Gasteiger charge is 1.88. The molecule has 62 valence electrons. The molecule has 0 aliphatic rings. The van der Waals surface area contributed by atoms with Gasteiger partial charge in [-0.1, -0.05) is 0 Å². The minimum Gasteiger partial charge on any atom is -0.396 e. The molecule has 1 N–H and O–H groups in total. The zero-order valence-corrected chi connectivity index (χ0v) is 8.66. The summed E-state index contributed by atoms with van der Waals surface area (Å²) in [5.41, 5.74) is 0. The van der Waals surface area contributed by atoms with Gasteiger partial charge in [-0.05, 0) is 6.26 Å². The molecule has 0 aromatic heterocycles. The van der Waals surface area contributed by atoms with Crippen LogP contribution in [0.15, 0.2) is 0 Å². The van der Waals surface area contributed by atoms with Gasteiger partial charge in [-0.15, -0.1) is 0 Å². The van der Waals surface area contributed by atoms with Crippen LogP contribution in [0.25, 0.3) is 0 Å². The minimum atomic E-state index is 0.317. The van der Waals surface area contributed by atoms with Crippen molar-refractivity contribution < 1.29 is 5.11 Å². The fourth-order valence-corrected chi connectivity index (χ4v) is 2.84. The first-order valence-corrected chi connectivity index (χ1v) is 6.87. The van der Waals surface area contributed by atoms with Crippen LogP contribution in [0.1, 0.15) is 0 Å². The normalized spacial score (nSPS) is 10.2. The molecule has 0 saturated carbocycles. The zero-order chi connectivity index (χ0) is 7.66. The van der Waals surface area contributed by atoms with Crippen molar-refractivity contribution in [1.29, 1.82) is 0 Å². The van der Waals surface area contributed by atoms with E-state index in [4.69, 9.17) is 5.11 Å². The van der Waals surface area contributed by atoms with Gasteiger partial charge in [-0.2, -0.15) is 35.3 Å². The zero-order valence-electron chi connectivity index (χ0n) is 6.21. The number of hydrogen-bond acceptors (Lipinski definition) is 4. The second kappa shape index (κ2) is 10.0. The molecule has 0 saturated heterocycles. The van der Waals surface area contributed by atoms with Crippen LogP contribution in [0.3, 0.4) is 0 Å². The molecule has 0 rings (SSSR count). The second-order valence-corrected chi connectivity index (χ2v) is 5.21. The average Bonchev–Trinajstić information content (AvgIpc) is 1.97. The van der Waals surface area contributed by atoms with Crippen LogP contribution in [0, 0.1) is 0 Å². The Morgan fingerprint density at radius 1 is 1.10 bits per heavy atom. The van der Waals surface area contributed by atoms with Crippen LogP contribution in [-0.4, -0.2) is 40.3 Å². The summed E-state index contributed by atoms with van der Waals surface area (Å²) < 4.78 is 0. The molecule has 0 radical (unpaired) electrons. The molecule has 0 fully saturated rings. The van der Waals surface area contributed by atoms with Crippen LogP contribution < -0.4 is 0 Å². The Balaban J connectivity index is 2.65. The summed E-state index contributed by atoms with van der Waals surface area (Å²) in [5, 5.41) is 9.63. The highest BCUT2D eigenvalue weighted by molar-refractivity contribution is 8.16. The third kappa shape index (κ3) is 9.01. The molecule has 0 aromatic rings. The van der Waals surface area contributed by atoms with Crippen molar-refractivity contribution in [1.82, 2.24) is 0 Å². The van der Waals surface area contributed by atoms with Gasteiger partial charge < -0.3 is 5.11 Å². The standard InChI is InChI=1S/C6H14OS3/c1-8-6-10-5-4-9-3-2-7/h7H,2-6H2,1H3. The van der Waals surface area contributed by atoms with E-state index in [1.54, 1.807) is 0 Å². The topological polar surface area (TPSA) is 20.2 Å². The molecule has 0 amide bonds. The van der Waals surface area contributed by atoms with E-state index in [0.29, 0.717) is 6.61 Å². The van der Waals surface area contributed by atoms with E-state index in [2.05, 4.69) is 6.26 Å². The summed E-state index contributed by atoms with van der Waals surface area (Å²) in [6.45, 7) is 0.317. The molecule has 0 unspecified atom stereocenters. The number of rotatable bonds is 7. The van der Waals surface area contributed by atoms with E-state index >= 15 is 0 Å². The molecular formula is C6H14OS3. The van der Waals surface area contributed by atoms with E-state index < -0.39 is 0 Å². The summed E-state index contributed by atoms with van der Waals surface area (Å²) in [7, 11) is 0. The molecular weight excluding hydrogens is 184 g/mol. The molecule has 0 bridgehead atoms. The maximum atomic E-state index is 8.44. The Kier molecular flexibility index (Phi) is 11.0. The van der Waals surface area contributed by atoms with Crippen molar-refractivity contribution >= 4 is 35.3 Å². The second-order valence-electron chi connectivity index (χ2n) is 1.65. The van der Waals surface area contributed by atoms with E-state index in [9.17, 15) is 0 Å². The van der Waals surface area contributed by atoms with Gasteiger partial charge in [0.2, 0.25) is 0 Å². The van der Waals surface area contributed by atoms with Crippen molar-refractivity contribution in [2.24, 2.45) is 0 Å². The molecule has 4 heteroatoms. The van der Waals surface area contributed by atoms with Crippen molar-refractivity contribution in [3.63, 3.8) is 0 Å². The monoisotopic (exact) mass is 198 g/mol. The fraction of sp³-hybridized carbons (Fsp3) is 1.00. The molecule has 0 aliphatic carbocycles. The van der Waals surface area contributed by atoms with Crippen LogP contribution >= 0.6 is 35.3 Å². The Labute approximate surface area is 75.7 Å². The molecule has 0 heterocycles. The SMILES string of the molecule is CSCSCCSCCO. The highest BCUT2D eigenvalue weighted by atomic mass is 32.2. The van der Waals surface area contributed by atoms with Crippen molar-refractivity contribution in [2.45, 2.75) is 0 Å². The summed E-state index contributed by atoms with van der Waals surface area (Å²) in [6.07, 6.45) is 2.12. The average molecular weight is 198 g/mol. The third-order valence-corrected chi connectivity index (χ3v) is 4.13. The summed E-state index contributed by atoms with van der Waals surface area (Å²) in [5.74, 6) is 3.27. The lowest BCUT2D eigenvalue weighted by molar-refractivity contribution is 0.322. The Bertz CT molecular complexity index is 53.0. The maximum Gasteiger partial charge on any atom is 0.0521 e. The quantitative estimate of drug-likeness (QED) is 0.497. The number of thioether (sulfide) groups is 3. The van der Waals surface area contributed by atoms with Gasteiger partial charge in [-0.3, -0.25) is 0 Å². The van der Waals surface area contributed by atoms with E-state index in [1.807, 2.05) is 35.3 Å². The predicted octanol–water partition coefficient (Wildman–Crippen LogP) is 1.77. The molecule has 0 atom stereocenters. The fourth-order valence-electron chi connectivity index (χ4n) is 0.427.